The summed E-state index contributed by atoms with van der Waals surface area (Å²) in [6.07, 6.45) is 7.03. The van der Waals surface area contributed by atoms with Crippen molar-refractivity contribution in [2.75, 3.05) is 0 Å². The van der Waals surface area contributed by atoms with E-state index in [2.05, 4.69) is 18.8 Å². The lowest BCUT2D eigenvalue weighted by molar-refractivity contribution is 0.186. The van der Waals surface area contributed by atoms with Gasteiger partial charge < -0.3 is 0 Å². The molecule has 0 saturated heterocycles. The molecule has 0 amide bonds. The van der Waals surface area contributed by atoms with Crippen LogP contribution in [0.3, 0.4) is 0 Å². The first-order valence-corrected chi connectivity index (χ1v) is 5.89. The SMILES string of the molecule is CCCC1C[C@H](C)/N=C\CCCC1F. The zero-order valence-electron chi connectivity index (χ0n) is 9.38. The van der Waals surface area contributed by atoms with E-state index in [4.69, 9.17) is 0 Å². The molecule has 0 spiro atoms. The molecule has 1 rings (SSSR count). The van der Waals surface area contributed by atoms with Crippen LogP contribution in [0, 0.1) is 5.92 Å². The Balaban J connectivity index is 2.54. The molecule has 14 heavy (non-hydrogen) atoms. The molecule has 0 aliphatic carbocycles. The van der Waals surface area contributed by atoms with Gasteiger partial charge in [0.15, 0.2) is 0 Å². The van der Waals surface area contributed by atoms with Gasteiger partial charge in [0.1, 0.15) is 6.17 Å². The lowest BCUT2D eigenvalue weighted by Gasteiger charge is -2.21. The van der Waals surface area contributed by atoms with Gasteiger partial charge in [-0.2, -0.15) is 0 Å². The first kappa shape index (κ1) is 11.7. The van der Waals surface area contributed by atoms with E-state index in [1.54, 1.807) is 0 Å². The minimum Gasteiger partial charge on any atom is -0.294 e. The highest BCUT2D eigenvalue weighted by Crippen LogP contribution is 2.26. The molecule has 3 atom stereocenters. The molecular weight excluding hydrogens is 177 g/mol. The first-order chi connectivity index (χ1) is 6.74. The number of alkyl halides is 1. The molecule has 2 unspecified atom stereocenters. The highest BCUT2D eigenvalue weighted by molar-refractivity contribution is 5.57. The van der Waals surface area contributed by atoms with Crippen molar-refractivity contribution < 1.29 is 4.39 Å². The standard InChI is InChI=1S/C12H22FN/c1-3-6-11-9-10(2)14-8-5-4-7-12(11)13/h8,10-12H,3-7,9H2,1-2H3/b14-8-/t10-,11?,12?/m0/s1. The summed E-state index contributed by atoms with van der Waals surface area (Å²) in [6.45, 7) is 4.23. The van der Waals surface area contributed by atoms with E-state index in [0.29, 0.717) is 6.04 Å². The van der Waals surface area contributed by atoms with Gasteiger partial charge in [-0.15, -0.1) is 0 Å². The molecule has 0 aromatic rings. The van der Waals surface area contributed by atoms with E-state index in [9.17, 15) is 4.39 Å². The topological polar surface area (TPSA) is 12.4 Å². The number of rotatable bonds is 2. The summed E-state index contributed by atoms with van der Waals surface area (Å²) in [7, 11) is 0. The minimum atomic E-state index is -0.598. The summed E-state index contributed by atoms with van der Waals surface area (Å²) in [5.41, 5.74) is 0. The predicted molar refractivity (Wildman–Crippen MR) is 59.7 cm³/mol. The lowest BCUT2D eigenvalue weighted by Crippen LogP contribution is -2.19. The van der Waals surface area contributed by atoms with Crippen molar-refractivity contribution in [1.82, 2.24) is 0 Å². The van der Waals surface area contributed by atoms with Crippen molar-refractivity contribution in [2.45, 2.75) is 64.6 Å². The molecule has 1 aliphatic heterocycles. The Morgan fingerprint density at radius 1 is 1.50 bits per heavy atom. The van der Waals surface area contributed by atoms with Gasteiger partial charge in [-0.25, -0.2) is 4.39 Å². The third kappa shape index (κ3) is 3.77. The van der Waals surface area contributed by atoms with E-state index < -0.39 is 6.17 Å². The summed E-state index contributed by atoms with van der Waals surface area (Å²) in [5.74, 6) is 0.241. The van der Waals surface area contributed by atoms with E-state index in [-0.39, 0.29) is 5.92 Å². The van der Waals surface area contributed by atoms with Crippen LogP contribution in [0.25, 0.3) is 0 Å². The molecule has 0 fully saturated rings. The van der Waals surface area contributed by atoms with E-state index in [1.807, 2.05) is 6.21 Å². The number of halogens is 1. The van der Waals surface area contributed by atoms with Gasteiger partial charge in [0.25, 0.3) is 0 Å². The highest BCUT2D eigenvalue weighted by Gasteiger charge is 2.22. The highest BCUT2D eigenvalue weighted by atomic mass is 19.1. The fourth-order valence-electron chi connectivity index (χ4n) is 2.21. The van der Waals surface area contributed by atoms with Crippen LogP contribution in [0.15, 0.2) is 4.99 Å². The van der Waals surface area contributed by atoms with E-state index in [0.717, 1.165) is 38.5 Å². The maximum atomic E-state index is 13.8. The largest absolute Gasteiger partial charge is 0.294 e. The molecule has 0 bridgehead atoms. The summed E-state index contributed by atoms with van der Waals surface area (Å²) < 4.78 is 13.8. The second-order valence-corrected chi connectivity index (χ2v) is 4.41. The van der Waals surface area contributed by atoms with Gasteiger partial charge in [-0.05, 0) is 51.2 Å². The number of hydrogen-bond donors (Lipinski definition) is 0. The Hall–Kier alpha value is -0.400. The minimum absolute atomic E-state index is 0.241. The average Bonchev–Trinajstić information content (AvgIpc) is 2.21. The van der Waals surface area contributed by atoms with Gasteiger partial charge in [-0.3, -0.25) is 4.99 Å². The fraction of sp³-hybridized carbons (Fsp3) is 0.917. The van der Waals surface area contributed by atoms with Crippen LogP contribution >= 0.6 is 0 Å². The normalized spacial score (nSPS) is 36.9. The first-order valence-electron chi connectivity index (χ1n) is 5.89. The molecule has 0 aromatic carbocycles. The predicted octanol–water partition coefficient (Wildman–Crippen LogP) is 3.77. The van der Waals surface area contributed by atoms with Crippen LogP contribution in [0.1, 0.15) is 52.4 Å². The van der Waals surface area contributed by atoms with Gasteiger partial charge in [0, 0.05) is 6.04 Å². The van der Waals surface area contributed by atoms with Crippen LogP contribution in [-0.4, -0.2) is 18.4 Å². The van der Waals surface area contributed by atoms with Gasteiger partial charge in [-0.1, -0.05) is 13.3 Å². The monoisotopic (exact) mass is 199 g/mol. The molecule has 0 N–H and O–H groups in total. The molecule has 0 saturated carbocycles. The zero-order chi connectivity index (χ0) is 10.4. The van der Waals surface area contributed by atoms with E-state index >= 15 is 0 Å². The molecule has 1 heterocycles. The Bertz CT molecular complexity index is 179. The number of nitrogens with zero attached hydrogens (tertiary/aromatic N) is 1. The van der Waals surface area contributed by atoms with Crippen LogP contribution in [-0.2, 0) is 0 Å². The molecule has 82 valence electrons. The summed E-state index contributed by atoms with van der Waals surface area (Å²) in [4.78, 5) is 4.42. The van der Waals surface area contributed by atoms with Crippen LogP contribution in [0.4, 0.5) is 4.39 Å². The van der Waals surface area contributed by atoms with Crippen molar-refractivity contribution in [3.63, 3.8) is 0 Å². The lowest BCUT2D eigenvalue weighted by atomic mass is 9.89. The number of hydrogen-bond acceptors (Lipinski definition) is 1. The molecule has 0 radical (unpaired) electrons. The molecular formula is C12H22FN. The quantitative estimate of drug-likeness (QED) is 0.642. The van der Waals surface area contributed by atoms with Crippen LogP contribution in [0.5, 0.6) is 0 Å². The Morgan fingerprint density at radius 2 is 2.29 bits per heavy atom. The summed E-state index contributed by atoms with van der Waals surface area (Å²) >= 11 is 0. The third-order valence-electron chi connectivity index (χ3n) is 2.99. The van der Waals surface area contributed by atoms with Crippen molar-refractivity contribution in [2.24, 2.45) is 10.9 Å². The van der Waals surface area contributed by atoms with Gasteiger partial charge in [0.05, 0.1) is 0 Å². The third-order valence-corrected chi connectivity index (χ3v) is 2.99. The zero-order valence-corrected chi connectivity index (χ0v) is 9.38. The van der Waals surface area contributed by atoms with Crippen LogP contribution < -0.4 is 0 Å². The molecule has 1 aliphatic rings. The van der Waals surface area contributed by atoms with Gasteiger partial charge >= 0.3 is 0 Å². The second-order valence-electron chi connectivity index (χ2n) is 4.41. The molecule has 1 nitrogen and oxygen atoms in total. The van der Waals surface area contributed by atoms with Gasteiger partial charge in [0.2, 0.25) is 0 Å². The maximum absolute atomic E-state index is 13.8. The molecule has 0 aromatic heterocycles. The molecule has 2 heteroatoms. The summed E-state index contributed by atoms with van der Waals surface area (Å²) in [5, 5.41) is 0. The van der Waals surface area contributed by atoms with Crippen molar-refractivity contribution >= 4 is 6.21 Å². The Morgan fingerprint density at radius 3 is 3.00 bits per heavy atom. The summed E-state index contributed by atoms with van der Waals surface area (Å²) in [6, 6.07) is 0.308. The smallest absolute Gasteiger partial charge is 0.103 e. The van der Waals surface area contributed by atoms with Crippen molar-refractivity contribution in [3.05, 3.63) is 0 Å². The van der Waals surface area contributed by atoms with Crippen LogP contribution in [0.2, 0.25) is 0 Å². The Labute approximate surface area is 86.8 Å². The second kappa shape index (κ2) is 6.15. The Kier molecular flexibility index (Phi) is 5.13. The average molecular weight is 199 g/mol. The number of aliphatic imine (C=N–C) groups is 1. The fourth-order valence-corrected chi connectivity index (χ4v) is 2.21. The van der Waals surface area contributed by atoms with E-state index in [1.165, 1.54) is 0 Å². The van der Waals surface area contributed by atoms with Crippen molar-refractivity contribution in [3.8, 4) is 0 Å². The van der Waals surface area contributed by atoms with Crippen molar-refractivity contribution in [1.29, 1.82) is 0 Å². The maximum Gasteiger partial charge on any atom is 0.103 e.